The summed E-state index contributed by atoms with van der Waals surface area (Å²) in [4.78, 5) is 0. The molecule has 0 nitrogen and oxygen atoms in total. The van der Waals surface area contributed by atoms with Crippen LogP contribution in [0.5, 0.6) is 0 Å². The first-order valence-electron chi connectivity index (χ1n) is 14.6. The molecule has 0 atom stereocenters. The minimum absolute atomic E-state index is 0.782. The molecule has 174 valence electrons. The van der Waals surface area contributed by atoms with E-state index in [0.29, 0.717) is 0 Å². The van der Waals surface area contributed by atoms with Gasteiger partial charge in [0, 0.05) is 0 Å². The van der Waals surface area contributed by atoms with Crippen molar-refractivity contribution in [2.24, 2.45) is 21.7 Å². The minimum Gasteiger partial charge on any atom is -0.0654 e. The molecule has 0 radical (unpaired) electrons. The van der Waals surface area contributed by atoms with Crippen LogP contribution in [0.1, 0.15) is 168 Å². The maximum atomic E-state index is 2.34. The highest BCUT2D eigenvalue weighted by atomic mass is 14.7. The largest absolute Gasteiger partial charge is 0.0654 e. The molecule has 0 spiro atoms. The van der Waals surface area contributed by atoms with E-state index < -0.39 is 0 Å². The number of fused-ring (bicyclic) bond motifs is 6. The van der Waals surface area contributed by atoms with E-state index in [9.17, 15) is 0 Å². The molecule has 6 aliphatic carbocycles. The van der Waals surface area contributed by atoms with E-state index in [-0.39, 0.29) is 0 Å². The Bertz CT molecular complexity index is 431. The molecule has 0 aromatic carbocycles. The average molecular weight is 415 g/mol. The minimum atomic E-state index is 0.782. The van der Waals surface area contributed by atoms with E-state index >= 15 is 0 Å². The summed E-state index contributed by atoms with van der Waals surface area (Å²) >= 11 is 0. The first-order valence-corrected chi connectivity index (χ1v) is 14.6. The Morgan fingerprint density at radius 1 is 0.367 bits per heavy atom. The second-order valence-corrected chi connectivity index (χ2v) is 12.9. The van der Waals surface area contributed by atoms with Gasteiger partial charge in [-0.2, -0.15) is 0 Å². The van der Waals surface area contributed by atoms with Crippen LogP contribution in [0.25, 0.3) is 0 Å². The van der Waals surface area contributed by atoms with Crippen molar-refractivity contribution in [1.82, 2.24) is 0 Å². The van der Waals surface area contributed by atoms with E-state index in [0.717, 1.165) is 21.7 Å². The molecule has 30 heavy (non-hydrogen) atoms. The monoisotopic (exact) mass is 414 g/mol. The van der Waals surface area contributed by atoms with Crippen molar-refractivity contribution in [3.05, 3.63) is 0 Å². The van der Waals surface area contributed by atoms with E-state index in [1.165, 1.54) is 64.2 Å². The second kappa shape index (κ2) is 9.87. The Balaban J connectivity index is 1.26. The Morgan fingerprint density at radius 2 is 0.667 bits per heavy atom. The number of hydrogen-bond acceptors (Lipinski definition) is 0. The number of unbranched alkanes of at least 4 members (excludes halogenated alkanes) is 8. The second-order valence-electron chi connectivity index (χ2n) is 12.9. The zero-order valence-electron chi connectivity index (χ0n) is 21.0. The molecule has 0 aromatic heterocycles. The highest BCUT2D eigenvalue weighted by molar-refractivity contribution is 5.12. The van der Waals surface area contributed by atoms with Gasteiger partial charge < -0.3 is 0 Å². The van der Waals surface area contributed by atoms with Crippen molar-refractivity contribution >= 4 is 0 Å². The summed E-state index contributed by atoms with van der Waals surface area (Å²) < 4.78 is 0. The van der Waals surface area contributed by atoms with Crippen LogP contribution in [0.3, 0.4) is 0 Å². The lowest BCUT2D eigenvalue weighted by molar-refractivity contribution is -0.162. The maximum absolute atomic E-state index is 2.34. The summed E-state index contributed by atoms with van der Waals surface area (Å²) in [5, 5.41) is 0. The molecule has 6 rings (SSSR count). The smallest absolute Gasteiger partial charge is 0.0240 e. The summed E-state index contributed by atoms with van der Waals surface area (Å²) in [7, 11) is 0. The summed E-state index contributed by atoms with van der Waals surface area (Å²) in [6.45, 7) is 4.68. The van der Waals surface area contributed by atoms with Crippen molar-refractivity contribution in [1.29, 1.82) is 0 Å². The molecule has 0 aliphatic heterocycles. The van der Waals surface area contributed by atoms with Gasteiger partial charge in [-0.3, -0.25) is 0 Å². The van der Waals surface area contributed by atoms with Crippen molar-refractivity contribution < 1.29 is 0 Å². The Labute approximate surface area is 189 Å². The van der Waals surface area contributed by atoms with Crippen molar-refractivity contribution in [3.8, 4) is 0 Å². The van der Waals surface area contributed by atoms with Gasteiger partial charge in [0.05, 0.1) is 0 Å². The Hall–Kier alpha value is 0. The highest BCUT2D eigenvalue weighted by Gasteiger charge is 2.61. The van der Waals surface area contributed by atoms with E-state index in [1.54, 1.807) is 89.9 Å². The first kappa shape index (κ1) is 23.2. The topological polar surface area (TPSA) is 0 Å². The standard InChI is InChI=1S/C30H54/c1-3-5-7-9-11-13-27-15-21-29(22-16-27,23-17-27)30-24-18-28(19-25-30,20-26-30)14-12-10-8-6-4-2/h3-26H2,1-2H3. The third-order valence-electron chi connectivity index (χ3n) is 11.5. The Kier molecular flexibility index (Phi) is 7.62. The molecule has 0 aromatic rings. The molecule has 0 unspecified atom stereocenters. The lowest BCUT2D eigenvalue weighted by Gasteiger charge is -2.67. The van der Waals surface area contributed by atoms with Crippen molar-refractivity contribution in [2.75, 3.05) is 0 Å². The summed E-state index contributed by atoms with van der Waals surface area (Å²) in [6.07, 6.45) is 37.2. The third kappa shape index (κ3) is 4.55. The Morgan fingerprint density at radius 3 is 0.967 bits per heavy atom. The molecule has 4 bridgehead atoms. The van der Waals surface area contributed by atoms with Crippen LogP contribution in [0.4, 0.5) is 0 Å². The van der Waals surface area contributed by atoms with Gasteiger partial charge in [-0.1, -0.05) is 78.1 Å². The predicted molar refractivity (Wildman–Crippen MR) is 132 cm³/mol. The number of hydrogen-bond donors (Lipinski definition) is 0. The van der Waals surface area contributed by atoms with Gasteiger partial charge >= 0.3 is 0 Å². The van der Waals surface area contributed by atoms with Crippen LogP contribution in [-0.4, -0.2) is 0 Å². The first-order chi connectivity index (χ1) is 14.6. The summed E-state index contributed by atoms with van der Waals surface area (Å²) in [6, 6.07) is 0. The normalized spacial score (nSPS) is 40.2. The van der Waals surface area contributed by atoms with Gasteiger partial charge in [-0.25, -0.2) is 0 Å². The van der Waals surface area contributed by atoms with Crippen LogP contribution in [-0.2, 0) is 0 Å². The third-order valence-corrected chi connectivity index (χ3v) is 11.5. The van der Waals surface area contributed by atoms with Gasteiger partial charge in [-0.15, -0.1) is 0 Å². The van der Waals surface area contributed by atoms with E-state index in [1.807, 2.05) is 0 Å². The van der Waals surface area contributed by atoms with Crippen LogP contribution in [0.2, 0.25) is 0 Å². The molecule has 0 heterocycles. The van der Waals surface area contributed by atoms with Gasteiger partial charge in [0.15, 0.2) is 0 Å². The van der Waals surface area contributed by atoms with Crippen LogP contribution in [0.15, 0.2) is 0 Å². The highest BCUT2D eigenvalue weighted by Crippen LogP contribution is 2.73. The van der Waals surface area contributed by atoms with Gasteiger partial charge in [0.2, 0.25) is 0 Å². The average Bonchev–Trinajstić information content (AvgIpc) is 2.81. The van der Waals surface area contributed by atoms with E-state index in [2.05, 4.69) is 13.8 Å². The van der Waals surface area contributed by atoms with Crippen molar-refractivity contribution in [3.63, 3.8) is 0 Å². The fraction of sp³-hybridized carbons (Fsp3) is 1.00. The molecular formula is C30H54. The number of rotatable bonds is 13. The molecule has 6 aliphatic rings. The molecule has 6 saturated carbocycles. The van der Waals surface area contributed by atoms with E-state index in [4.69, 9.17) is 0 Å². The maximum Gasteiger partial charge on any atom is -0.0240 e. The zero-order valence-corrected chi connectivity index (χ0v) is 21.0. The molecule has 0 amide bonds. The molecule has 0 saturated heterocycles. The SMILES string of the molecule is CCCCCCCC12CCC(C34CCC(CCCCCCC)(CC3)CC4)(CC1)CC2. The van der Waals surface area contributed by atoms with Gasteiger partial charge in [0.25, 0.3) is 0 Å². The quantitative estimate of drug-likeness (QED) is 0.263. The zero-order chi connectivity index (χ0) is 21.0. The van der Waals surface area contributed by atoms with Gasteiger partial charge in [-0.05, 0) is 112 Å². The fourth-order valence-electron chi connectivity index (χ4n) is 9.07. The molecule has 0 N–H and O–H groups in total. The van der Waals surface area contributed by atoms with Crippen LogP contribution < -0.4 is 0 Å². The fourth-order valence-corrected chi connectivity index (χ4v) is 9.07. The van der Waals surface area contributed by atoms with Gasteiger partial charge in [0.1, 0.15) is 0 Å². The lowest BCUT2D eigenvalue weighted by atomic mass is 9.38. The van der Waals surface area contributed by atoms with Crippen molar-refractivity contribution in [2.45, 2.75) is 168 Å². The summed E-state index contributed by atoms with van der Waals surface area (Å²) in [5.41, 5.74) is 3.14. The van der Waals surface area contributed by atoms with Crippen LogP contribution in [0, 0.1) is 21.7 Å². The molecule has 0 heteroatoms. The molecular weight excluding hydrogens is 360 g/mol. The summed E-state index contributed by atoms with van der Waals surface area (Å²) in [5.74, 6) is 0. The predicted octanol–water partition coefficient (Wildman–Crippen LogP) is 10.4. The lowest BCUT2D eigenvalue weighted by Crippen LogP contribution is -2.56. The molecule has 6 fully saturated rings. The van der Waals surface area contributed by atoms with Crippen LogP contribution >= 0.6 is 0 Å².